The van der Waals surface area contributed by atoms with E-state index in [0.29, 0.717) is 12.8 Å². The molecule has 2 atom stereocenters. The average molecular weight is 263 g/mol. The highest BCUT2D eigenvalue weighted by Crippen LogP contribution is 2.22. The van der Waals surface area contributed by atoms with Crippen molar-refractivity contribution in [3.8, 4) is 0 Å². The van der Waals surface area contributed by atoms with Gasteiger partial charge in [0.2, 0.25) is 5.91 Å². The maximum absolute atomic E-state index is 12.4. The number of hydrogen-bond acceptors (Lipinski definition) is 2. The summed E-state index contributed by atoms with van der Waals surface area (Å²) in [6.07, 6.45) is 1.06. The van der Waals surface area contributed by atoms with Crippen molar-refractivity contribution < 1.29 is 14.7 Å². The van der Waals surface area contributed by atoms with Gasteiger partial charge in [-0.25, -0.2) is 4.79 Å². The summed E-state index contributed by atoms with van der Waals surface area (Å²) in [4.78, 5) is 24.9. The summed E-state index contributed by atoms with van der Waals surface area (Å²) in [5.41, 5.74) is 0.932. The second-order valence-corrected chi connectivity index (χ2v) is 4.58. The SMILES string of the molecule is CCC(C(=O)N(C)C(CC)C(=O)O)c1ccccc1. The van der Waals surface area contributed by atoms with Crippen LogP contribution in [0.3, 0.4) is 0 Å². The highest BCUT2D eigenvalue weighted by atomic mass is 16.4. The molecule has 19 heavy (non-hydrogen) atoms. The largest absolute Gasteiger partial charge is 0.480 e. The smallest absolute Gasteiger partial charge is 0.326 e. The van der Waals surface area contributed by atoms with Gasteiger partial charge in [-0.3, -0.25) is 4.79 Å². The molecule has 0 radical (unpaired) electrons. The Labute approximate surface area is 114 Å². The van der Waals surface area contributed by atoms with Gasteiger partial charge in [0.1, 0.15) is 6.04 Å². The van der Waals surface area contributed by atoms with Crippen LogP contribution in [0.2, 0.25) is 0 Å². The minimum atomic E-state index is -0.957. The van der Waals surface area contributed by atoms with Crippen molar-refractivity contribution in [2.24, 2.45) is 0 Å². The average Bonchev–Trinajstić information content (AvgIpc) is 2.41. The summed E-state index contributed by atoms with van der Waals surface area (Å²) < 4.78 is 0. The van der Waals surface area contributed by atoms with Crippen molar-refractivity contribution in [2.45, 2.75) is 38.6 Å². The third-order valence-corrected chi connectivity index (χ3v) is 3.40. The van der Waals surface area contributed by atoms with Crippen LogP contribution in [0.4, 0.5) is 0 Å². The van der Waals surface area contributed by atoms with Gasteiger partial charge < -0.3 is 10.0 Å². The van der Waals surface area contributed by atoms with Gasteiger partial charge in [0, 0.05) is 7.05 Å². The molecule has 104 valence electrons. The number of nitrogens with zero attached hydrogens (tertiary/aromatic N) is 1. The fourth-order valence-corrected chi connectivity index (χ4v) is 2.25. The summed E-state index contributed by atoms with van der Waals surface area (Å²) in [5, 5.41) is 9.12. The Kier molecular flexibility index (Phi) is 5.55. The van der Waals surface area contributed by atoms with E-state index in [1.54, 1.807) is 14.0 Å². The van der Waals surface area contributed by atoms with Crippen molar-refractivity contribution in [1.29, 1.82) is 0 Å². The normalized spacial score (nSPS) is 13.6. The molecule has 0 spiro atoms. The molecule has 0 bridgehead atoms. The van der Waals surface area contributed by atoms with E-state index in [4.69, 9.17) is 5.11 Å². The third kappa shape index (κ3) is 3.56. The number of benzene rings is 1. The van der Waals surface area contributed by atoms with Crippen LogP contribution in [0.1, 0.15) is 38.2 Å². The van der Waals surface area contributed by atoms with Crippen LogP contribution in [0.15, 0.2) is 30.3 Å². The van der Waals surface area contributed by atoms with E-state index in [2.05, 4.69) is 0 Å². The number of carbonyl (C=O) groups is 2. The lowest BCUT2D eigenvalue weighted by atomic mass is 9.94. The topological polar surface area (TPSA) is 57.6 Å². The summed E-state index contributed by atoms with van der Waals surface area (Å²) in [5.74, 6) is -1.37. The van der Waals surface area contributed by atoms with E-state index in [9.17, 15) is 9.59 Å². The van der Waals surface area contributed by atoms with Crippen molar-refractivity contribution in [2.75, 3.05) is 7.05 Å². The summed E-state index contributed by atoms with van der Waals surface area (Å²) >= 11 is 0. The van der Waals surface area contributed by atoms with Crippen molar-refractivity contribution in [1.82, 2.24) is 4.90 Å². The molecular weight excluding hydrogens is 242 g/mol. The Hall–Kier alpha value is -1.84. The number of rotatable bonds is 6. The van der Waals surface area contributed by atoms with Gasteiger partial charge in [0.15, 0.2) is 0 Å². The molecule has 1 aromatic carbocycles. The van der Waals surface area contributed by atoms with Crippen LogP contribution in [0.25, 0.3) is 0 Å². The molecule has 0 heterocycles. The Bertz CT molecular complexity index is 430. The molecule has 1 amide bonds. The van der Waals surface area contributed by atoms with Gasteiger partial charge in [-0.05, 0) is 18.4 Å². The molecule has 0 aliphatic rings. The van der Waals surface area contributed by atoms with Crippen molar-refractivity contribution in [3.05, 3.63) is 35.9 Å². The van der Waals surface area contributed by atoms with E-state index in [0.717, 1.165) is 5.56 Å². The molecule has 0 saturated carbocycles. The number of carbonyl (C=O) groups excluding carboxylic acids is 1. The zero-order valence-electron chi connectivity index (χ0n) is 11.7. The van der Waals surface area contributed by atoms with Gasteiger partial charge in [-0.15, -0.1) is 0 Å². The maximum Gasteiger partial charge on any atom is 0.326 e. The van der Waals surface area contributed by atoms with Crippen LogP contribution >= 0.6 is 0 Å². The van der Waals surface area contributed by atoms with E-state index in [1.807, 2.05) is 37.3 Å². The number of likely N-dealkylation sites (N-methyl/N-ethyl adjacent to an activating group) is 1. The Balaban J connectivity index is 2.93. The van der Waals surface area contributed by atoms with Gasteiger partial charge in [-0.2, -0.15) is 0 Å². The highest BCUT2D eigenvalue weighted by molar-refractivity contribution is 5.87. The van der Waals surface area contributed by atoms with E-state index >= 15 is 0 Å². The number of amides is 1. The van der Waals surface area contributed by atoms with E-state index in [1.165, 1.54) is 4.90 Å². The van der Waals surface area contributed by atoms with Gasteiger partial charge in [0.05, 0.1) is 5.92 Å². The van der Waals surface area contributed by atoms with Crippen molar-refractivity contribution in [3.63, 3.8) is 0 Å². The molecule has 0 fully saturated rings. The molecule has 1 aromatic rings. The summed E-state index contributed by atoms with van der Waals surface area (Å²) in [6.45, 7) is 3.71. The van der Waals surface area contributed by atoms with Crippen LogP contribution in [0.5, 0.6) is 0 Å². The molecule has 1 N–H and O–H groups in total. The van der Waals surface area contributed by atoms with Gasteiger partial charge in [-0.1, -0.05) is 44.2 Å². The highest BCUT2D eigenvalue weighted by Gasteiger charge is 2.29. The lowest BCUT2D eigenvalue weighted by molar-refractivity contribution is -0.149. The molecule has 4 nitrogen and oxygen atoms in total. The Morgan fingerprint density at radius 3 is 2.16 bits per heavy atom. The molecular formula is C15H21NO3. The first-order valence-electron chi connectivity index (χ1n) is 6.57. The van der Waals surface area contributed by atoms with Gasteiger partial charge >= 0.3 is 5.97 Å². The number of carboxylic acids is 1. The zero-order valence-corrected chi connectivity index (χ0v) is 11.7. The monoisotopic (exact) mass is 263 g/mol. The number of hydrogen-bond donors (Lipinski definition) is 1. The first kappa shape index (κ1) is 15.2. The third-order valence-electron chi connectivity index (χ3n) is 3.40. The standard InChI is InChI=1S/C15H21NO3/c1-4-12(11-9-7-6-8-10-11)14(17)16(3)13(5-2)15(18)19/h6-10,12-13H,4-5H2,1-3H3,(H,18,19). The van der Waals surface area contributed by atoms with Crippen molar-refractivity contribution >= 4 is 11.9 Å². The van der Waals surface area contributed by atoms with Crippen LogP contribution < -0.4 is 0 Å². The van der Waals surface area contributed by atoms with Crippen LogP contribution in [-0.2, 0) is 9.59 Å². The molecule has 0 aromatic heterocycles. The molecule has 4 heteroatoms. The molecule has 2 unspecified atom stereocenters. The second-order valence-electron chi connectivity index (χ2n) is 4.58. The molecule has 0 aliphatic heterocycles. The summed E-state index contributed by atoms with van der Waals surface area (Å²) in [6, 6.07) is 8.73. The Morgan fingerprint density at radius 2 is 1.74 bits per heavy atom. The second kappa shape index (κ2) is 6.92. The number of carboxylic acid groups (broad SMARTS) is 1. The summed E-state index contributed by atoms with van der Waals surface area (Å²) in [7, 11) is 1.57. The minimum absolute atomic E-state index is 0.136. The van der Waals surface area contributed by atoms with Gasteiger partial charge in [0.25, 0.3) is 0 Å². The molecule has 1 rings (SSSR count). The predicted octanol–water partition coefficient (Wildman–Crippen LogP) is 2.50. The Morgan fingerprint density at radius 1 is 1.16 bits per heavy atom. The zero-order chi connectivity index (χ0) is 14.4. The quantitative estimate of drug-likeness (QED) is 0.858. The molecule has 0 aliphatic carbocycles. The fourth-order valence-electron chi connectivity index (χ4n) is 2.25. The predicted molar refractivity (Wildman–Crippen MR) is 74.0 cm³/mol. The lowest BCUT2D eigenvalue weighted by Gasteiger charge is -2.28. The van der Waals surface area contributed by atoms with E-state index < -0.39 is 12.0 Å². The lowest BCUT2D eigenvalue weighted by Crippen LogP contribution is -2.44. The maximum atomic E-state index is 12.4. The minimum Gasteiger partial charge on any atom is -0.480 e. The van der Waals surface area contributed by atoms with Crippen LogP contribution in [-0.4, -0.2) is 35.0 Å². The van der Waals surface area contributed by atoms with E-state index in [-0.39, 0.29) is 11.8 Å². The fraction of sp³-hybridized carbons (Fsp3) is 0.467. The first-order chi connectivity index (χ1) is 9.02. The van der Waals surface area contributed by atoms with Crippen LogP contribution in [0, 0.1) is 0 Å². The molecule has 0 saturated heterocycles. The number of aliphatic carboxylic acids is 1. The first-order valence-corrected chi connectivity index (χ1v) is 6.57.